The van der Waals surface area contributed by atoms with Crippen LogP contribution >= 0.6 is 15.9 Å². The number of hydrogen-bond donors (Lipinski definition) is 0. The van der Waals surface area contributed by atoms with Crippen molar-refractivity contribution in [2.45, 2.75) is 18.2 Å². The number of ether oxygens (including phenoxy) is 2. The topological polar surface area (TPSA) is 52.6 Å². The minimum atomic E-state index is -0.596. The van der Waals surface area contributed by atoms with Crippen LogP contribution in [0.1, 0.15) is 24.2 Å². The smallest absolute Gasteiger partial charge is 0.343 e. The highest BCUT2D eigenvalue weighted by molar-refractivity contribution is 9.10. The molecule has 0 amide bonds. The van der Waals surface area contributed by atoms with Crippen molar-refractivity contribution in [2.75, 3.05) is 13.7 Å². The summed E-state index contributed by atoms with van der Waals surface area (Å²) in [5.41, 5.74) is 0.585. The monoisotopic (exact) mass is 314 g/mol. The predicted molar refractivity (Wildman–Crippen MR) is 71.3 cm³/mol. The molecule has 98 valence electrons. The zero-order chi connectivity index (χ0) is 13.8. The van der Waals surface area contributed by atoms with Gasteiger partial charge in [-0.3, -0.25) is 4.79 Å². The van der Waals surface area contributed by atoms with Crippen LogP contribution in [-0.4, -0.2) is 29.8 Å². The zero-order valence-corrected chi connectivity index (χ0v) is 12.1. The molecule has 0 heterocycles. The summed E-state index contributed by atoms with van der Waals surface area (Å²) in [4.78, 5) is 22.8. The first-order valence-electron chi connectivity index (χ1n) is 5.38. The standard InChI is InChI=1S/C13H15BrO4/c1-13(2,14)12(16)9-4-6-10(7-5-9)18-8-11(15)17-3/h4-7H,8H2,1-3H3. The van der Waals surface area contributed by atoms with E-state index in [4.69, 9.17) is 4.74 Å². The molecule has 0 atom stereocenters. The zero-order valence-electron chi connectivity index (χ0n) is 10.5. The van der Waals surface area contributed by atoms with E-state index in [1.807, 2.05) is 0 Å². The van der Waals surface area contributed by atoms with E-state index in [9.17, 15) is 9.59 Å². The molecule has 0 bridgehead atoms. The second-order valence-corrected chi connectivity index (χ2v) is 6.17. The van der Waals surface area contributed by atoms with Gasteiger partial charge >= 0.3 is 5.97 Å². The maximum absolute atomic E-state index is 11.9. The Kier molecular flexibility index (Phi) is 4.90. The van der Waals surface area contributed by atoms with Gasteiger partial charge in [-0.25, -0.2) is 4.79 Å². The summed E-state index contributed by atoms with van der Waals surface area (Å²) in [6.07, 6.45) is 0. The SMILES string of the molecule is COC(=O)COc1ccc(C(=O)C(C)(C)Br)cc1. The predicted octanol–water partition coefficient (Wildman–Crippen LogP) is 2.59. The highest BCUT2D eigenvalue weighted by atomic mass is 79.9. The largest absolute Gasteiger partial charge is 0.482 e. The highest BCUT2D eigenvalue weighted by Gasteiger charge is 2.24. The van der Waals surface area contributed by atoms with Crippen molar-refractivity contribution >= 4 is 27.7 Å². The van der Waals surface area contributed by atoms with Crippen molar-refractivity contribution < 1.29 is 19.1 Å². The first kappa shape index (κ1) is 14.7. The van der Waals surface area contributed by atoms with Gasteiger partial charge in [-0.1, -0.05) is 15.9 Å². The third-order valence-corrected chi connectivity index (χ3v) is 2.60. The highest BCUT2D eigenvalue weighted by Crippen LogP contribution is 2.23. The van der Waals surface area contributed by atoms with Crippen LogP contribution in [0.2, 0.25) is 0 Å². The number of carbonyl (C=O) groups excluding carboxylic acids is 2. The van der Waals surface area contributed by atoms with Crippen molar-refractivity contribution in [3.63, 3.8) is 0 Å². The average molecular weight is 315 g/mol. The molecule has 1 aromatic rings. The Labute approximate surface area is 114 Å². The van der Waals surface area contributed by atoms with E-state index < -0.39 is 10.3 Å². The Morgan fingerprint density at radius 1 is 1.22 bits per heavy atom. The molecule has 0 unspecified atom stereocenters. The fourth-order valence-corrected chi connectivity index (χ4v) is 1.48. The lowest BCUT2D eigenvalue weighted by Crippen LogP contribution is -2.23. The Bertz CT molecular complexity index is 431. The van der Waals surface area contributed by atoms with E-state index in [-0.39, 0.29) is 12.4 Å². The molecule has 0 aliphatic carbocycles. The molecule has 0 saturated heterocycles. The van der Waals surface area contributed by atoms with Gasteiger partial charge < -0.3 is 9.47 Å². The first-order chi connectivity index (χ1) is 8.34. The number of halogens is 1. The number of carbonyl (C=O) groups is 2. The van der Waals surface area contributed by atoms with Gasteiger partial charge in [-0.15, -0.1) is 0 Å². The van der Waals surface area contributed by atoms with Gasteiger partial charge in [-0.05, 0) is 38.1 Å². The van der Waals surface area contributed by atoms with Crippen molar-refractivity contribution in [3.8, 4) is 5.75 Å². The number of esters is 1. The Hall–Kier alpha value is -1.36. The number of rotatable bonds is 5. The van der Waals surface area contributed by atoms with Gasteiger partial charge in [0.2, 0.25) is 0 Å². The number of Topliss-reactive ketones (excluding diaryl/α,β-unsaturated/α-hetero) is 1. The summed E-state index contributed by atoms with van der Waals surface area (Å²) in [5.74, 6) is 0.0584. The summed E-state index contributed by atoms with van der Waals surface area (Å²) in [6.45, 7) is 3.43. The average Bonchev–Trinajstić information content (AvgIpc) is 2.34. The third-order valence-electron chi connectivity index (χ3n) is 2.24. The molecular weight excluding hydrogens is 300 g/mol. The summed E-state index contributed by atoms with van der Waals surface area (Å²) >= 11 is 3.32. The molecule has 1 rings (SSSR count). The van der Waals surface area contributed by atoms with Crippen molar-refractivity contribution in [2.24, 2.45) is 0 Å². The molecule has 0 saturated carbocycles. The minimum absolute atomic E-state index is 0.0120. The number of hydrogen-bond acceptors (Lipinski definition) is 4. The lowest BCUT2D eigenvalue weighted by Gasteiger charge is -2.14. The van der Waals surface area contributed by atoms with Crippen molar-refractivity contribution in [3.05, 3.63) is 29.8 Å². The van der Waals surface area contributed by atoms with Crippen LogP contribution in [-0.2, 0) is 9.53 Å². The third kappa shape index (κ3) is 4.14. The summed E-state index contributed by atoms with van der Waals surface area (Å²) < 4.78 is 9.04. The molecule has 0 aromatic heterocycles. The Morgan fingerprint density at radius 2 is 1.78 bits per heavy atom. The molecule has 0 aliphatic heterocycles. The number of methoxy groups -OCH3 is 1. The summed E-state index contributed by atoms with van der Waals surface area (Å²) in [6, 6.07) is 6.62. The molecule has 0 radical (unpaired) electrons. The van der Waals surface area contributed by atoms with E-state index in [2.05, 4.69) is 20.7 Å². The minimum Gasteiger partial charge on any atom is -0.482 e. The molecule has 0 aliphatic rings. The molecule has 4 nitrogen and oxygen atoms in total. The van der Waals surface area contributed by atoms with Crippen LogP contribution in [0.25, 0.3) is 0 Å². The molecule has 18 heavy (non-hydrogen) atoms. The second kappa shape index (κ2) is 6.00. The van der Waals surface area contributed by atoms with Crippen LogP contribution in [0.3, 0.4) is 0 Å². The van der Waals surface area contributed by atoms with Gasteiger partial charge in [0.05, 0.1) is 11.4 Å². The maximum atomic E-state index is 11.9. The van der Waals surface area contributed by atoms with Gasteiger partial charge in [-0.2, -0.15) is 0 Å². The van der Waals surface area contributed by atoms with Crippen LogP contribution in [0.15, 0.2) is 24.3 Å². The Balaban J connectivity index is 2.69. The van der Waals surface area contributed by atoms with Crippen LogP contribution in [0.4, 0.5) is 0 Å². The number of ketones is 1. The van der Waals surface area contributed by atoms with E-state index >= 15 is 0 Å². The Morgan fingerprint density at radius 3 is 2.22 bits per heavy atom. The molecule has 0 spiro atoms. The fraction of sp³-hybridized carbons (Fsp3) is 0.385. The normalized spacial score (nSPS) is 10.9. The first-order valence-corrected chi connectivity index (χ1v) is 6.17. The van der Waals surface area contributed by atoms with E-state index in [1.165, 1.54) is 7.11 Å². The van der Waals surface area contributed by atoms with Gasteiger partial charge in [0.1, 0.15) is 5.75 Å². The fourth-order valence-electron chi connectivity index (χ4n) is 1.25. The molecule has 0 N–H and O–H groups in total. The van der Waals surface area contributed by atoms with Crippen molar-refractivity contribution in [1.29, 1.82) is 0 Å². The summed E-state index contributed by atoms with van der Waals surface area (Å²) in [5, 5.41) is 0. The van der Waals surface area contributed by atoms with Gasteiger partial charge in [0, 0.05) is 5.56 Å². The molecular formula is C13H15BrO4. The van der Waals surface area contributed by atoms with Crippen LogP contribution in [0.5, 0.6) is 5.75 Å². The number of benzene rings is 1. The lowest BCUT2D eigenvalue weighted by molar-refractivity contribution is -0.142. The van der Waals surface area contributed by atoms with Crippen LogP contribution in [0, 0.1) is 0 Å². The van der Waals surface area contributed by atoms with E-state index in [1.54, 1.807) is 38.1 Å². The van der Waals surface area contributed by atoms with Crippen LogP contribution < -0.4 is 4.74 Å². The second-order valence-electron chi connectivity index (χ2n) is 4.19. The number of alkyl halides is 1. The quantitative estimate of drug-likeness (QED) is 0.476. The molecule has 0 fully saturated rings. The van der Waals surface area contributed by atoms with E-state index in [0.717, 1.165) is 0 Å². The van der Waals surface area contributed by atoms with E-state index in [0.29, 0.717) is 11.3 Å². The van der Waals surface area contributed by atoms with Gasteiger partial charge in [0.15, 0.2) is 12.4 Å². The maximum Gasteiger partial charge on any atom is 0.343 e. The van der Waals surface area contributed by atoms with Crippen molar-refractivity contribution in [1.82, 2.24) is 0 Å². The van der Waals surface area contributed by atoms with Gasteiger partial charge in [0.25, 0.3) is 0 Å². The lowest BCUT2D eigenvalue weighted by atomic mass is 10.0. The summed E-state index contributed by atoms with van der Waals surface area (Å²) in [7, 11) is 1.30. The molecule has 1 aromatic carbocycles. The molecule has 5 heteroatoms.